The molecule has 10 heteroatoms. The molecule has 29 heavy (non-hydrogen) atoms. The van der Waals surface area contributed by atoms with E-state index in [0.29, 0.717) is 23.2 Å². The molecule has 0 bridgehead atoms. The van der Waals surface area contributed by atoms with Crippen molar-refractivity contribution in [2.45, 2.75) is 18.8 Å². The number of fused-ring (bicyclic) bond motifs is 1. The number of hydrogen-bond donors (Lipinski definition) is 3. The zero-order valence-electron chi connectivity index (χ0n) is 15.5. The molecule has 8 nitrogen and oxygen atoms in total. The van der Waals surface area contributed by atoms with Crippen LogP contribution in [0.4, 0.5) is 17.3 Å². The van der Waals surface area contributed by atoms with Crippen LogP contribution in [0.1, 0.15) is 24.5 Å². The van der Waals surface area contributed by atoms with Gasteiger partial charge >= 0.3 is 0 Å². The molecule has 1 aromatic carbocycles. The van der Waals surface area contributed by atoms with Crippen molar-refractivity contribution in [2.24, 2.45) is 0 Å². The molecule has 1 aliphatic rings. The largest absolute Gasteiger partial charge is 0.325 e. The fourth-order valence-corrected chi connectivity index (χ4v) is 4.51. The number of benzene rings is 1. The Balaban J connectivity index is 1.53. The van der Waals surface area contributed by atoms with Gasteiger partial charge in [-0.3, -0.25) is 9.82 Å². The van der Waals surface area contributed by atoms with E-state index in [-0.39, 0.29) is 0 Å². The third-order valence-electron chi connectivity index (χ3n) is 4.57. The summed E-state index contributed by atoms with van der Waals surface area (Å²) >= 11 is 1.38. The normalized spacial score (nSPS) is 14.2. The molecular weight excluding hydrogens is 408 g/mol. The number of nitrogens with zero attached hydrogens (tertiary/aromatic N) is 3. The Bertz CT molecular complexity index is 1310. The van der Waals surface area contributed by atoms with Crippen LogP contribution in [0.15, 0.2) is 41.8 Å². The van der Waals surface area contributed by atoms with Gasteiger partial charge in [0.2, 0.25) is 10.0 Å². The second-order valence-corrected chi connectivity index (χ2v) is 9.75. The number of sulfonamides is 1. The SMILES string of the molecule is CS(=O)(=O)Nc1csc(-c2nc(Nc3cc(C4CC4)n[nH]3)c3ccccc3n2)c1. The molecule has 1 aliphatic carbocycles. The van der Waals surface area contributed by atoms with Crippen molar-refractivity contribution >= 4 is 49.6 Å². The van der Waals surface area contributed by atoms with E-state index in [9.17, 15) is 8.42 Å². The Labute approximate surface area is 171 Å². The quantitative estimate of drug-likeness (QED) is 0.428. The van der Waals surface area contributed by atoms with Gasteiger partial charge in [0.05, 0.1) is 28.0 Å². The molecular formula is C19H18N6O2S2. The lowest BCUT2D eigenvalue weighted by atomic mass is 10.2. The molecule has 0 aliphatic heterocycles. The van der Waals surface area contributed by atoms with Crippen LogP contribution in [0.5, 0.6) is 0 Å². The molecule has 0 amide bonds. The van der Waals surface area contributed by atoms with Crippen molar-refractivity contribution in [1.82, 2.24) is 20.2 Å². The van der Waals surface area contributed by atoms with E-state index in [1.807, 2.05) is 30.3 Å². The third kappa shape index (κ3) is 3.94. The number of thiophene rings is 1. The minimum Gasteiger partial charge on any atom is -0.325 e. The van der Waals surface area contributed by atoms with E-state index in [1.165, 1.54) is 24.2 Å². The van der Waals surface area contributed by atoms with Gasteiger partial charge < -0.3 is 5.32 Å². The molecule has 5 rings (SSSR count). The molecule has 0 saturated heterocycles. The second-order valence-electron chi connectivity index (χ2n) is 7.09. The minimum absolute atomic E-state index is 0.501. The minimum atomic E-state index is -3.34. The van der Waals surface area contributed by atoms with Crippen molar-refractivity contribution < 1.29 is 8.42 Å². The Morgan fingerprint density at radius 2 is 2.00 bits per heavy atom. The highest BCUT2D eigenvalue weighted by atomic mass is 32.2. The van der Waals surface area contributed by atoms with Gasteiger partial charge in [-0.05, 0) is 31.0 Å². The molecule has 0 atom stereocenters. The van der Waals surface area contributed by atoms with Gasteiger partial charge in [-0.1, -0.05) is 12.1 Å². The fraction of sp³-hybridized carbons (Fsp3) is 0.211. The maximum atomic E-state index is 11.5. The molecule has 4 aromatic rings. The number of aromatic amines is 1. The lowest BCUT2D eigenvalue weighted by Crippen LogP contribution is -2.08. The van der Waals surface area contributed by atoms with Crippen LogP contribution in [0.25, 0.3) is 21.6 Å². The number of H-pyrrole nitrogens is 1. The summed E-state index contributed by atoms with van der Waals surface area (Å²) in [7, 11) is -3.34. The lowest BCUT2D eigenvalue weighted by molar-refractivity contribution is 0.607. The molecule has 1 saturated carbocycles. The summed E-state index contributed by atoms with van der Waals surface area (Å²) in [6.45, 7) is 0. The number of aromatic nitrogens is 4. The summed E-state index contributed by atoms with van der Waals surface area (Å²) in [6, 6.07) is 11.5. The monoisotopic (exact) mass is 426 g/mol. The molecule has 1 fully saturated rings. The van der Waals surface area contributed by atoms with E-state index in [1.54, 1.807) is 11.4 Å². The van der Waals surface area contributed by atoms with Crippen molar-refractivity contribution in [2.75, 3.05) is 16.3 Å². The highest BCUT2D eigenvalue weighted by molar-refractivity contribution is 7.92. The van der Waals surface area contributed by atoms with Crippen LogP contribution in [-0.4, -0.2) is 34.8 Å². The van der Waals surface area contributed by atoms with Crippen molar-refractivity contribution in [3.8, 4) is 10.7 Å². The first kappa shape index (κ1) is 18.1. The van der Waals surface area contributed by atoms with Gasteiger partial charge in [-0.15, -0.1) is 11.3 Å². The Morgan fingerprint density at radius 3 is 2.79 bits per heavy atom. The molecule has 3 heterocycles. The summed E-state index contributed by atoms with van der Waals surface area (Å²) in [5.41, 5.74) is 2.37. The van der Waals surface area contributed by atoms with E-state index in [2.05, 4.69) is 25.2 Å². The van der Waals surface area contributed by atoms with Gasteiger partial charge in [-0.2, -0.15) is 5.10 Å². The number of anilines is 3. The van der Waals surface area contributed by atoms with Crippen LogP contribution >= 0.6 is 11.3 Å². The summed E-state index contributed by atoms with van der Waals surface area (Å²) in [6.07, 6.45) is 3.50. The predicted molar refractivity (Wildman–Crippen MR) is 115 cm³/mol. The first-order valence-corrected chi connectivity index (χ1v) is 11.9. The van der Waals surface area contributed by atoms with Gasteiger partial charge in [0.1, 0.15) is 11.6 Å². The second kappa shape index (κ2) is 6.82. The first-order valence-electron chi connectivity index (χ1n) is 9.10. The Hall–Kier alpha value is -2.98. The zero-order valence-corrected chi connectivity index (χ0v) is 17.1. The Morgan fingerprint density at radius 1 is 1.17 bits per heavy atom. The van der Waals surface area contributed by atoms with Crippen molar-refractivity contribution in [3.05, 3.63) is 47.5 Å². The zero-order chi connectivity index (χ0) is 20.0. The van der Waals surface area contributed by atoms with Crippen LogP contribution in [0.3, 0.4) is 0 Å². The van der Waals surface area contributed by atoms with Crippen molar-refractivity contribution in [3.63, 3.8) is 0 Å². The molecule has 148 valence electrons. The summed E-state index contributed by atoms with van der Waals surface area (Å²) < 4.78 is 25.4. The lowest BCUT2D eigenvalue weighted by Gasteiger charge is -2.09. The molecule has 0 spiro atoms. The number of para-hydroxylation sites is 1. The molecule has 3 aromatic heterocycles. The maximum absolute atomic E-state index is 11.5. The van der Waals surface area contributed by atoms with Crippen LogP contribution < -0.4 is 10.0 Å². The highest BCUT2D eigenvalue weighted by Gasteiger charge is 2.26. The summed E-state index contributed by atoms with van der Waals surface area (Å²) in [5, 5.41) is 13.4. The number of rotatable bonds is 6. The Kier molecular flexibility index (Phi) is 4.25. The van der Waals surface area contributed by atoms with Crippen LogP contribution in [0, 0.1) is 0 Å². The van der Waals surface area contributed by atoms with Crippen LogP contribution in [-0.2, 0) is 10.0 Å². The van der Waals surface area contributed by atoms with E-state index in [0.717, 1.165) is 33.5 Å². The predicted octanol–water partition coefficient (Wildman–Crippen LogP) is 4.07. The average molecular weight is 427 g/mol. The summed E-state index contributed by atoms with van der Waals surface area (Å²) in [4.78, 5) is 10.1. The smallest absolute Gasteiger partial charge is 0.229 e. The standard InChI is InChI=1S/C19H18N6O2S2/c1-29(26,27)25-12-8-16(28-10-12)19-20-14-5-3-2-4-13(14)18(22-19)21-17-9-15(23-24-17)11-6-7-11/h2-5,8-11,25H,6-7H2,1H3,(H2,20,21,22,23,24). The topological polar surface area (TPSA) is 113 Å². The van der Waals surface area contributed by atoms with Gasteiger partial charge in [0.25, 0.3) is 0 Å². The van der Waals surface area contributed by atoms with Crippen LogP contribution in [0.2, 0.25) is 0 Å². The van der Waals surface area contributed by atoms with E-state index < -0.39 is 10.0 Å². The molecule has 3 N–H and O–H groups in total. The van der Waals surface area contributed by atoms with E-state index in [4.69, 9.17) is 4.98 Å². The third-order valence-corrected chi connectivity index (χ3v) is 6.11. The molecule has 0 radical (unpaired) electrons. The van der Waals surface area contributed by atoms with Gasteiger partial charge in [0.15, 0.2) is 5.82 Å². The number of hydrogen-bond acceptors (Lipinski definition) is 7. The fourth-order valence-electron chi connectivity index (χ4n) is 3.12. The van der Waals surface area contributed by atoms with Crippen molar-refractivity contribution in [1.29, 1.82) is 0 Å². The molecule has 0 unspecified atom stereocenters. The maximum Gasteiger partial charge on any atom is 0.229 e. The first-order chi connectivity index (χ1) is 13.9. The van der Waals surface area contributed by atoms with E-state index >= 15 is 0 Å². The number of nitrogens with one attached hydrogen (secondary N) is 3. The average Bonchev–Trinajstić information content (AvgIpc) is 3.25. The summed E-state index contributed by atoms with van der Waals surface area (Å²) in [5.74, 6) is 2.54. The van der Waals surface area contributed by atoms with Gasteiger partial charge in [-0.25, -0.2) is 18.4 Å². The van der Waals surface area contributed by atoms with Gasteiger partial charge in [0, 0.05) is 22.8 Å². The highest BCUT2D eigenvalue weighted by Crippen LogP contribution is 2.40.